The fraction of sp³-hybridized carbons (Fsp3) is 0.533. The molecule has 2 aliphatic heterocycles. The molecular weight excluding hydrogens is 242 g/mol. The summed E-state index contributed by atoms with van der Waals surface area (Å²) >= 11 is 0. The third kappa shape index (κ3) is 2.59. The van der Waals surface area contributed by atoms with Crippen molar-refractivity contribution in [3.63, 3.8) is 0 Å². The zero-order valence-electron chi connectivity index (χ0n) is 11.0. The van der Waals surface area contributed by atoms with E-state index in [-0.39, 0.29) is 0 Å². The molecule has 0 amide bonds. The Morgan fingerprint density at radius 3 is 2.89 bits per heavy atom. The smallest absolute Gasteiger partial charge is 0.335 e. The lowest BCUT2D eigenvalue weighted by Crippen LogP contribution is -2.31. The Kier molecular flexibility index (Phi) is 3.42. The Morgan fingerprint density at radius 2 is 2.16 bits per heavy atom. The van der Waals surface area contributed by atoms with Gasteiger partial charge in [-0.2, -0.15) is 0 Å². The van der Waals surface area contributed by atoms with Crippen LogP contribution < -0.4 is 4.90 Å². The molecule has 19 heavy (non-hydrogen) atoms. The zero-order valence-corrected chi connectivity index (χ0v) is 11.0. The lowest BCUT2D eigenvalue weighted by Gasteiger charge is -2.28. The van der Waals surface area contributed by atoms with Gasteiger partial charge < -0.3 is 14.7 Å². The number of anilines is 1. The highest BCUT2D eigenvalue weighted by Gasteiger charge is 2.24. The Morgan fingerprint density at radius 1 is 1.37 bits per heavy atom. The Labute approximate surface area is 113 Å². The number of ether oxygens (including phenoxy) is 1. The predicted octanol–water partition coefficient (Wildman–Crippen LogP) is 2.17. The monoisotopic (exact) mass is 261 g/mol. The van der Waals surface area contributed by atoms with Crippen LogP contribution in [0.4, 0.5) is 5.69 Å². The second kappa shape index (κ2) is 5.21. The minimum Gasteiger partial charge on any atom is -0.478 e. The summed E-state index contributed by atoms with van der Waals surface area (Å²) in [7, 11) is 0. The summed E-state index contributed by atoms with van der Waals surface area (Å²) in [6.07, 6.45) is 3.23. The number of hydrogen-bond acceptors (Lipinski definition) is 3. The van der Waals surface area contributed by atoms with E-state index in [1.807, 2.05) is 12.1 Å². The maximum absolute atomic E-state index is 11.0. The number of carboxylic acid groups (broad SMARTS) is 1. The first-order valence-electron chi connectivity index (χ1n) is 6.93. The predicted molar refractivity (Wildman–Crippen MR) is 72.9 cm³/mol. The number of carbonyl (C=O) groups is 1. The molecule has 2 heterocycles. The number of benzene rings is 1. The molecule has 0 saturated carbocycles. The molecule has 0 aromatic heterocycles. The van der Waals surface area contributed by atoms with Gasteiger partial charge >= 0.3 is 5.97 Å². The molecule has 4 nitrogen and oxygen atoms in total. The molecule has 1 saturated heterocycles. The van der Waals surface area contributed by atoms with Crippen LogP contribution in [0.25, 0.3) is 0 Å². The molecule has 0 radical (unpaired) electrons. The molecule has 0 unspecified atom stereocenters. The van der Waals surface area contributed by atoms with Gasteiger partial charge in [-0.05, 0) is 48.9 Å². The van der Waals surface area contributed by atoms with Crippen molar-refractivity contribution in [2.45, 2.75) is 19.3 Å². The van der Waals surface area contributed by atoms with E-state index in [1.54, 1.807) is 6.07 Å². The quantitative estimate of drug-likeness (QED) is 0.906. The number of fused-ring (bicyclic) bond motifs is 1. The van der Waals surface area contributed by atoms with Gasteiger partial charge in [-0.25, -0.2) is 4.79 Å². The first kappa shape index (κ1) is 12.5. The van der Waals surface area contributed by atoms with E-state index in [1.165, 1.54) is 11.3 Å². The van der Waals surface area contributed by atoms with E-state index in [9.17, 15) is 4.79 Å². The maximum Gasteiger partial charge on any atom is 0.335 e. The molecule has 3 rings (SSSR count). The van der Waals surface area contributed by atoms with Gasteiger partial charge in [0.15, 0.2) is 0 Å². The standard InChI is InChI=1S/C15H19NO3/c17-15(18)13-1-2-14-12(9-13)3-6-16(14)10-11-4-7-19-8-5-11/h1-2,9,11H,3-8,10H2,(H,17,18). The zero-order chi connectivity index (χ0) is 13.2. The van der Waals surface area contributed by atoms with Crippen molar-refractivity contribution < 1.29 is 14.6 Å². The molecule has 1 fully saturated rings. The van der Waals surface area contributed by atoms with Gasteiger partial charge in [0.2, 0.25) is 0 Å². The fourth-order valence-electron chi connectivity index (χ4n) is 3.03. The Bertz CT molecular complexity index is 480. The van der Waals surface area contributed by atoms with Crippen LogP contribution in [0.3, 0.4) is 0 Å². The molecule has 2 aliphatic rings. The number of carboxylic acids is 1. The van der Waals surface area contributed by atoms with Crippen molar-refractivity contribution in [3.8, 4) is 0 Å². The van der Waals surface area contributed by atoms with Gasteiger partial charge in [0.1, 0.15) is 0 Å². The van der Waals surface area contributed by atoms with Gasteiger partial charge in [0.05, 0.1) is 5.56 Å². The van der Waals surface area contributed by atoms with Crippen molar-refractivity contribution in [1.29, 1.82) is 0 Å². The number of aromatic carboxylic acids is 1. The van der Waals surface area contributed by atoms with Crippen LogP contribution in [0.2, 0.25) is 0 Å². The van der Waals surface area contributed by atoms with Gasteiger partial charge in [-0.3, -0.25) is 0 Å². The van der Waals surface area contributed by atoms with Gasteiger partial charge in [-0.1, -0.05) is 0 Å². The third-order valence-electron chi connectivity index (χ3n) is 4.14. The Balaban J connectivity index is 1.72. The number of rotatable bonds is 3. The summed E-state index contributed by atoms with van der Waals surface area (Å²) in [5, 5.41) is 9.02. The lowest BCUT2D eigenvalue weighted by atomic mass is 9.99. The minimum absolute atomic E-state index is 0.395. The van der Waals surface area contributed by atoms with Crippen LogP contribution in [-0.2, 0) is 11.2 Å². The summed E-state index contributed by atoms with van der Waals surface area (Å²) in [5.41, 5.74) is 2.79. The highest BCUT2D eigenvalue weighted by Crippen LogP contribution is 2.30. The first-order chi connectivity index (χ1) is 9.24. The third-order valence-corrected chi connectivity index (χ3v) is 4.14. The first-order valence-corrected chi connectivity index (χ1v) is 6.93. The van der Waals surface area contributed by atoms with Crippen molar-refractivity contribution in [2.75, 3.05) is 31.2 Å². The highest BCUT2D eigenvalue weighted by atomic mass is 16.5. The number of nitrogens with zero attached hydrogens (tertiary/aromatic N) is 1. The minimum atomic E-state index is -0.842. The molecule has 0 bridgehead atoms. The molecule has 0 spiro atoms. The van der Waals surface area contributed by atoms with E-state index in [0.717, 1.165) is 45.6 Å². The molecular formula is C15H19NO3. The van der Waals surface area contributed by atoms with E-state index in [0.29, 0.717) is 11.5 Å². The summed E-state index contributed by atoms with van der Waals surface area (Å²) in [6, 6.07) is 5.50. The van der Waals surface area contributed by atoms with Crippen LogP contribution in [-0.4, -0.2) is 37.4 Å². The van der Waals surface area contributed by atoms with E-state index in [4.69, 9.17) is 9.84 Å². The average molecular weight is 261 g/mol. The summed E-state index contributed by atoms with van der Waals surface area (Å²) in [5.74, 6) is -0.135. The summed E-state index contributed by atoms with van der Waals surface area (Å²) in [4.78, 5) is 13.4. The molecule has 1 N–H and O–H groups in total. The second-order valence-electron chi connectivity index (χ2n) is 5.40. The van der Waals surface area contributed by atoms with Crippen LogP contribution in [0.15, 0.2) is 18.2 Å². The molecule has 0 aliphatic carbocycles. The summed E-state index contributed by atoms with van der Waals surface area (Å²) in [6.45, 7) is 3.84. The van der Waals surface area contributed by atoms with E-state index >= 15 is 0 Å². The van der Waals surface area contributed by atoms with Crippen LogP contribution in [0.1, 0.15) is 28.8 Å². The lowest BCUT2D eigenvalue weighted by molar-refractivity contribution is 0.0682. The molecule has 0 atom stereocenters. The fourth-order valence-corrected chi connectivity index (χ4v) is 3.03. The average Bonchev–Trinajstić information content (AvgIpc) is 2.82. The van der Waals surface area contributed by atoms with Crippen molar-refractivity contribution in [1.82, 2.24) is 0 Å². The number of hydrogen-bond donors (Lipinski definition) is 1. The molecule has 102 valence electrons. The summed E-state index contributed by atoms with van der Waals surface area (Å²) < 4.78 is 5.39. The van der Waals surface area contributed by atoms with Crippen molar-refractivity contribution >= 4 is 11.7 Å². The SMILES string of the molecule is O=C(O)c1ccc2c(c1)CCN2CC1CCOCC1. The van der Waals surface area contributed by atoms with Crippen molar-refractivity contribution in [3.05, 3.63) is 29.3 Å². The molecule has 1 aromatic rings. The molecule has 4 heteroatoms. The van der Waals surface area contributed by atoms with Gasteiger partial charge in [0.25, 0.3) is 0 Å². The Hall–Kier alpha value is -1.55. The van der Waals surface area contributed by atoms with Gasteiger partial charge in [-0.15, -0.1) is 0 Å². The van der Waals surface area contributed by atoms with Crippen LogP contribution in [0.5, 0.6) is 0 Å². The maximum atomic E-state index is 11.0. The topological polar surface area (TPSA) is 49.8 Å². The van der Waals surface area contributed by atoms with E-state index < -0.39 is 5.97 Å². The largest absolute Gasteiger partial charge is 0.478 e. The van der Waals surface area contributed by atoms with Crippen molar-refractivity contribution in [2.24, 2.45) is 5.92 Å². The molecule has 1 aromatic carbocycles. The highest BCUT2D eigenvalue weighted by molar-refractivity contribution is 5.88. The second-order valence-corrected chi connectivity index (χ2v) is 5.40. The van der Waals surface area contributed by atoms with Crippen LogP contribution in [0, 0.1) is 5.92 Å². The van der Waals surface area contributed by atoms with E-state index in [2.05, 4.69) is 4.90 Å². The van der Waals surface area contributed by atoms with Crippen LogP contribution >= 0.6 is 0 Å². The normalized spacial score (nSPS) is 19.5. The van der Waals surface area contributed by atoms with Gasteiger partial charge in [0, 0.05) is 32.0 Å².